The molecule has 0 unspecified atom stereocenters. The monoisotopic (exact) mass is 390 g/mol. The highest BCUT2D eigenvalue weighted by molar-refractivity contribution is 9.10. The average molecular weight is 391 g/mol. The molecule has 1 aliphatic heterocycles. The van der Waals surface area contributed by atoms with E-state index in [9.17, 15) is 14.4 Å². The molecule has 8 heteroatoms. The van der Waals surface area contributed by atoms with Gasteiger partial charge in [-0.2, -0.15) is 10.1 Å². The second-order valence-corrected chi connectivity index (χ2v) is 7.96. The summed E-state index contributed by atoms with van der Waals surface area (Å²) in [5, 5.41) is 4.98. The van der Waals surface area contributed by atoms with E-state index in [2.05, 4.69) is 38.6 Å². The standard InChI is InChI=1S/C16H15BrN4O3/c1-20-5-10(17)13(18-20)14(22)19-21-15(23)11-6-2-3-7(9-4-8(6)9)12(11)16(21)24/h2-3,5-9,11-12H,4H2,1H3,(H,19,22)/t6-,7+,8-,9-,11+,12-/m1/s1. The van der Waals surface area contributed by atoms with E-state index in [1.807, 2.05) is 0 Å². The van der Waals surface area contributed by atoms with E-state index in [-0.39, 0.29) is 41.2 Å². The molecule has 1 aromatic rings. The molecule has 2 saturated carbocycles. The van der Waals surface area contributed by atoms with E-state index in [0.717, 1.165) is 11.4 Å². The summed E-state index contributed by atoms with van der Waals surface area (Å²) >= 11 is 3.26. The fourth-order valence-electron chi connectivity index (χ4n) is 4.84. The first kappa shape index (κ1) is 14.4. The third-order valence-electron chi connectivity index (χ3n) is 5.88. The second-order valence-electron chi connectivity index (χ2n) is 7.11. The number of amides is 3. The number of aryl methyl sites for hydroxylation is 1. The van der Waals surface area contributed by atoms with Crippen molar-refractivity contribution in [1.82, 2.24) is 20.2 Å². The quantitative estimate of drug-likeness (QED) is 0.599. The van der Waals surface area contributed by atoms with Crippen LogP contribution in [0.3, 0.4) is 0 Å². The molecule has 6 rings (SSSR count). The van der Waals surface area contributed by atoms with Gasteiger partial charge in [0.25, 0.3) is 17.7 Å². The lowest BCUT2D eigenvalue weighted by Gasteiger charge is -2.37. The maximum Gasteiger partial charge on any atom is 0.291 e. The minimum atomic E-state index is -0.562. The van der Waals surface area contributed by atoms with E-state index in [1.54, 1.807) is 13.2 Å². The fourth-order valence-corrected chi connectivity index (χ4v) is 5.39. The molecule has 1 saturated heterocycles. The smallest absolute Gasteiger partial charge is 0.274 e. The SMILES string of the molecule is Cn1cc(Br)c(C(=O)NN2C(=O)[C@@H]3[C@H]4C=C[C@H]([C@H]5C[C@H]45)[C@@H]3C2=O)n1. The van der Waals surface area contributed by atoms with E-state index in [0.29, 0.717) is 16.3 Å². The normalized spacial score (nSPS) is 38.3. The van der Waals surface area contributed by atoms with Crippen LogP contribution in [0.2, 0.25) is 0 Å². The van der Waals surface area contributed by atoms with Crippen LogP contribution < -0.4 is 5.43 Å². The summed E-state index contributed by atoms with van der Waals surface area (Å²) in [5.74, 6) is -0.391. The minimum absolute atomic E-state index is 0.143. The van der Waals surface area contributed by atoms with Crippen molar-refractivity contribution in [2.24, 2.45) is 42.6 Å². The van der Waals surface area contributed by atoms with Crippen LogP contribution in [0.15, 0.2) is 22.8 Å². The third-order valence-corrected chi connectivity index (χ3v) is 6.46. The van der Waals surface area contributed by atoms with E-state index >= 15 is 0 Å². The van der Waals surface area contributed by atoms with Crippen LogP contribution in [0.5, 0.6) is 0 Å². The Morgan fingerprint density at radius 1 is 1.21 bits per heavy atom. The van der Waals surface area contributed by atoms with Gasteiger partial charge in [-0.15, -0.1) is 0 Å². The maximum absolute atomic E-state index is 12.8. The summed E-state index contributed by atoms with van der Waals surface area (Å²) in [6.45, 7) is 0. The molecule has 124 valence electrons. The van der Waals surface area contributed by atoms with Gasteiger partial charge in [0, 0.05) is 13.2 Å². The summed E-state index contributed by atoms with van der Waals surface area (Å²) in [6.07, 6.45) is 6.96. The number of rotatable bonds is 2. The Morgan fingerprint density at radius 3 is 2.29 bits per heavy atom. The molecule has 3 amide bonds. The van der Waals surface area contributed by atoms with Crippen molar-refractivity contribution in [1.29, 1.82) is 0 Å². The molecule has 1 aromatic heterocycles. The predicted molar refractivity (Wildman–Crippen MR) is 84.9 cm³/mol. The first-order valence-corrected chi connectivity index (χ1v) is 8.83. The lowest BCUT2D eigenvalue weighted by atomic mass is 9.63. The highest BCUT2D eigenvalue weighted by Crippen LogP contribution is 2.65. The van der Waals surface area contributed by atoms with Gasteiger partial charge in [-0.1, -0.05) is 12.2 Å². The Labute approximate surface area is 146 Å². The number of allylic oxidation sites excluding steroid dienone is 2. The van der Waals surface area contributed by atoms with E-state index < -0.39 is 5.91 Å². The number of halogens is 1. The van der Waals surface area contributed by atoms with Crippen molar-refractivity contribution in [3.05, 3.63) is 28.5 Å². The van der Waals surface area contributed by atoms with Crippen molar-refractivity contribution < 1.29 is 14.4 Å². The largest absolute Gasteiger partial charge is 0.291 e. The van der Waals surface area contributed by atoms with Crippen LogP contribution in [0.4, 0.5) is 0 Å². The number of nitrogens with zero attached hydrogens (tertiary/aromatic N) is 3. The van der Waals surface area contributed by atoms with Crippen LogP contribution in [0.1, 0.15) is 16.9 Å². The zero-order valence-corrected chi connectivity index (χ0v) is 14.4. The fraction of sp³-hybridized carbons (Fsp3) is 0.500. The highest BCUT2D eigenvalue weighted by Gasteiger charge is 2.67. The minimum Gasteiger partial charge on any atom is -0.274 e. The molecular formula is C16H15BrN4O3. The van der Waals surface area contributed by atoms with Gasteiger partial charge in [-0.05, 0) is 46.0 Å². The Hall–Kier alpha value is -1.96. The number of hydrogen-bond acceptors (Lipinski definition) is 4. The molecule has 2 heterocycles. The van der Waals surface area contributed by atoms with E-state index in [1.165, 1.54) is 4.68 Å². The number of aromatic nitrogens is 2. The molecule has 0 aromatic carbocycles. The molecule has 24 heavy (non-hydrogen) atoms. The Morgan fingerprint density at radius 2 is 1.79 bits per heavy atom. The van der Waals surface area contributed by atoms with Gasteiger partial charge in [0.1, 0.15) is 0 Å². The highest BCUT2D eigenvalue weighted by atomic mass is 79.9. The molecule has 5 aliphatic rings. The lowest BCUT2D eigenvalue weighted by molar-refractivity contribution is -0.143. The summed E-state index contributed by atoms with van der Waals surface area (Å²) in [5.41, 5.74) is 2.62. The Bertz CT molecular complexity index is 795. The second kappa shape index (κ2) is 4.56. The van der Waals surface area contributed by atoms with Crippen LogP contribution in [-0.2, 0) is 16.6 Å². The van der Waals surface area contributed by atoms with Gasteiger partial charge in [-0.3, -0.25) is 24.5 Å². The van der Waals surface area contributed by atoms with Gasteiger partial charge in [0.15, 0.2) is 5.69 Å². The number of hydrogen-bond donors (Lipinski definition) is 1. The lowest BCUT2D eigenvalue weighted by Crippen LogP contribution is -2.47. The molecule has 0 radical (unpaired) electrons. The number of hydrazine groups is 1. The number of carbonyl (C=O) groups excluding carboxylic acids is 3. The van der Waals surface area contributed by atoms with Crippen molar-refractivity contribution in [2.45, 2.75) is 6.42 Å². The van der Waals surface area contributed by atoms with Crippen LogP contribution in [0.25, 0.3) is 0 Å². The summed E-state index contributed by atoms with van der Waals surface area (Å²) in [4.78, 5) is 38.0. The first-order valence-electron chi connectivity index (χ1n) is 8.03. The van der Waals surface area contributed by atoms with Crippen molar-refractivity contribution >= 4 is 33.7 Å². The molecule has 7 nitrogen and oxygen atoms in total. The zero-order valence-electron chi connectivity index (χ0n) is 12.8. The molecular weight excluding hydrogens is 376 g/mol. The topological polar surface area (TPSA) is 84.3 Å². The van der Waals surface area contributed by atoms with Gasteiger partial charge in [-0.25, -0.2) is 0 Å². The van der Waals surface area contributed by atoms with E-state index in [4.69, 9.17) is 0 Å². The van der Waals surface area contributed by atoms with Gasteiger partial charge in [0.2, 0.25) is 0 Å². The van der Waals surface area contributed by atoms with Crippen LogP contribution in [0, 0.1) is 35.5 Å². The summed E-state index contributed by atoms with van der Waals surface area (Å²) in [6, 6.07) is 0. The molecule has 2 bridgehead atoms. The molecule has 0 spiro atoms. The van der Waals surface area contributed by atoms with Gasteiger partial charge in [0.05, 0.1) is 16.3 Å². The average Bonchev–Trinajstić information content (AvgIpc) is 3.26. The van der Waals surface area contributed by atoms with Gasteiger partial charge >= 0.3 is 0 Å². The third kappa shape index (κ3) is 1.72. The Balaban J connectivity index is 1.42. The number of carbonyl (C=O) groups is 3. The van der Waals surface area contributed by atoms with Crippen molar-refractivity contribution in [3.63, 3.8) is 0 Å². The van der Waals surface area contributed by atoms with Crippen molar-refractivity contribution in [2.75, 3.05) is 0 Å². The molecule has 3 fully saturated rings. The van der Waals surface area contributed by atoms with Crippen molar-refractivity contribution in [3.8, 4) is 0 Å². The Kier molecular flexibility index (Phi) is 2.73. The number of nitrogens with one attached hydrogen (secondary N) is 1. The summed E-state index contributed by atoms with van der Waals surface area (Å²) in [7, 11) is 1.69. The molecule has 1 N–H and O–H groups in total. The predicted octanol–water partition coefficient (Wildman–Crippen LogP) is 0.881. The molecule has 4 aliphatic carbocycles. The molecule has 6 atom stereocenters. The first-order chi connectivity index (χ1) is 11.5. The van der Waals surface area contributed by atoms with Crippen LogP contribution >= 0.6 is 15.9 Å². The van der Waals surface area contributed by atoms with Crippen LogP contribution in [-0.4, -0.2) is 32.5 Å². The zero-order chi connectivity index (χ0) is 16.7. The maximum atomic E-state index is 12.8. The number of imide groups is 1. The van der Waals surface area contributed by atoms with Gasteiger partial charge < -0.3 is 0 Å². The summed E-state index contributed by atoms with van der Waals surface area (Å²) < 4.78 is 2.01.